The van der Waals surface area contributed by atoms with Gasteiger partial charge in [0.2, 0.25) is 5.79 Å². The SMILES string of the molecule is Cl.c1cc(C23CNCC(CO2)O3)ccc1C1CCCCC1. The van der Waals surface area contributed by atoms with Crippen LogP contribution in [0.25, 0.3) is 0 Å². The lowest BCUT2D eigenvalue weighted by atomic mass is 9.83. The zero-order chi connectivity index (χ0) is 13.4. The summed E-state index contributed by atoms with van der Waals surface area (Å²) in [6.45, 7) is 2.37. The molecule has 3 nitrogen and oxygen atoms in total. The predicted molar refractivity (Wildman–Crippen MR) is 84.9 cm³/mol. The van der Waals surface area contributed by atoms with Crippen LogP contribution in [0.3, 0.4) is 0 Å². The largest absolute Gasteiger partial charge is 0.342 e. The molecule has 2 atom stereocenters. The van der Waals surface area contributed by atoms with E-state index in [9.17, 15) is 0 Å². The number of hydrogen-bond acceptors (Lipinski definition) is 3. The molecule has 2 unspecified atom stereocenters. The standard InChI is InChI=1S/C17H23NO2.ClH/c1-2-4-13(5-3-1)14-6-8-15(9-7-14)17-12-18-10-16(20-17)11-19-17;/h6-9,13,16,18H,1-5,10-12H2;1H. The Morgan fingerprint density at radius 1 is 1.05 bits per heavy atom. The summed E-state index contributed by atoms with van der Waals surface area (Å²) in [6, 6.07) is 8.99. The van der Waals surface area contributed by atoms with Crippen molar-refractivity contribution in [2.24, 2.45) is 0 Å². The molecule has 2 heterocycles. The molecule has 4 heteroatoms. The molecule has 0 radical (unpaired) electrons. The predicted octanol–water partition coefficient (Wildman–Crippen LogP) is 3.33. The van der Waals surface area contributed by atoms with E-state index < -0.39 is 5.79 Å². The fourth-order valence-electron chi connectivity index (χ4n) is 3.85. The second kappa shape index (κ2) is 6.25. The minimum absolute atomic E-state index is 0. The molecule has 116 valence electrons. The summed E-state index contributed by atoms with van der Waals surface area (Å²) >= 11 is 0. The van der Waals surface area contributed by atoms with Crippen LogP contribution in [0.15, 0.2) is 24.3 Å². The first-order chi connectivity index (χ1) is 9.86. The van der Waals surface area contributed by atoms with Gasteiger partial charge in [0.15, 0.2) is 0 Å². The van der Waals surface area contributed by atoms with Gasteiger partial charge in [-0.1, -0.05) is 43.5 Å². The van der Waals surface area contributed by atoms with Gasteiger partial charge < -0.3 is 14.8 Å². The second-order valence-electron chi connectivity index (χ2n) is 6.39. The van der Waals surface area contributed by atoms with Crippen LogP contribution in [0.2, 0.25) is 0 Å². The van der Waals surface area contributed by atoms with Gasteiger partial charge in [0.1, 0.15) is 0 Å². The Labute approximate surface area is 132 Å². The van der Waals surface area contributed by atoms with Crippen molar-refractivity contribution in [1.82, 2.24) is 5.32 Å². The van der Waals surface area contributed by atoms with Gasteiger partial charge in [-0.25, -0.2) is 0 Å². The molecule has 0 amide bonds. The number of benzene rings is 1. The maximum Gasteiger partial charge on any atom is 0.208 e. The van der Waals surface area contributed by atoms with Crippen molar-refractivity contribution in [3.05, 3.63) is 35.4 Å². The number of halogens is 1. The molecule has 1 aromatic carbocycles. The van der Waals surface area contributed by atoms with Crippen molar-refractivity contribution in [3.63, 3.8) is 0 Å². The van der Waals surface area contributed by atoms with Crippen LogP contribution < -0.4 is 5.32 Å². The molecular formula is C17H24ClNO2. The molecule has 2 aliphatic heterocycles. The van der Waals surface area contributed by atoms with E-state index in [1.807, 2.05) is 0 Å². The molecule has 2 saturated heterocycles. The number of fused-ring (bicyclic) bond motifs is 2. The number of rotatable bonds is 2. The quantitative estimate of drug-likeness (QED) is 0.909. The number of morpholine rings is 1. The average molecular weight is 310 g/mol. The van der Waals surface area contributed by atoms with E-state index in [0.717, 1.165) is 24.6 Å². The Morgan fingerprint density at radius 3 is 2.57 bits per heavy atom. The summed E-state index contributed by atoms with van der Waals surface area (Å²) in [5, 5.41) is 3.41. The minimum atomic E-state index is -0.534. The van der Waals surface area contributed by atoms with Crippen LogP contribution in [-0.2, 0) is 15.3 Å². The summed E-state index contributed by atoms with van der Waals surface area (Å²) in [5.41, 5.74) is 2.65. The van der Waals surface area contributed by atoms with Crippen LogP contribution in [0.1, 0.15) is 49.1 Å². The average Bonchev–Trinajstić information content (AvgIpc) is 2.84. The van der Waals surface area contributed by atoms with Crippen LogP contribution in [0.4, 0.5) is 0 Å². The molecule has 2 bridgehead atoms. The lowest BCUT2D eigenvalue weighted by Gasteiger charge is -2.32. The third-order valence-corrected chi connectivity index (χ3v) is 5.02. The van der Waals surface area contributed by atoms with Gasteiger partial charge in [0, 0.05) is 12.1 Å². The van der Waals surface area contributed by atoms with E-state index in [2.05, 4.69) is 29.6 Å². The highest BCUT2D eigenvalue weighted by Crippen LogP contribution is 2.38. The Kier molecular flexibility index (Phi) is 4.55. The highest BCUT2D eigenvalue weighted by molar-refractivity contribution is 5.85. The molecule has 4 rings (SSSR count). The molecule has 1 saturated carbocycles. The maximum absolute atomic E-state index is 6.07. The van der Waals surface area contributed by atoms with Crippen LogP contribution in [0, 0.1) is 0 Å². The van der Waals surface area contributed by atoms with Crippen molar-refractivity contribution in [1.29, 1.82) is 0 Å². The maximum atomic E-state index is 6.07. The van der Waals surface area contributed by atoms with E-state index in [1.54, 1.807) is 0 Å². The van der Waals surface area contributed by atoms with Crippen molar-refractivity contribution < 1.29 is 9.47 Å². The smallest absolute Gasteiger partial charge is 0.208 e. The van der Waals surface area contributed by atoms with Crippen molar-refractivity contribution in [2.75, 3.05) is 19.7 Å². The van der Waals surface area contributed by atoms with Gasteiger partial charge >= 0.3 is 0 Å². The highest BCUT2D eigenvalue weighted by Gasteiger charge is 2.46. The molecule has 3 fully saturated rings. The van der Waals surface area contributed by atoms with Crippen LogP contribution in [-0.4, -0.2) is 25.8 Å². The first-order valence-electron chi connectivity index (χ1n) is 7.99. The molecule has 1 aromatic rings. The second-order valence-corrected chi connectivity index (χ2v) is 6.39. The molecule has 0 aromatic heterocycles. The minimum Gasteiger partial charge on any atom is -0.342 e. The Bertz CT molecular complexity index is 468. The number of ether oxygens (including phenoxy) is 2. The monoisotopic (exact) mass is 309 g/mol. The Morgan fingerprint density at radius 2 is 1.81 bits per heavy atom. The van der Waals surface area contributed by atoms with Crippen molar-refractivity contribution >= 4 is 12.4 Å². The number of nitrogens with one attached hydrogen (secondary N) is 1. The van der Waals surface area contributed by atoms with Crippen molar-refractivity contribution in [3.8, 4) is 0 Å². The summed E-state index contributed by atoms with van der Waals surface area (Å²) < 4.78 is 12.0. The fraction of sp³-hybridized carbons (Fsp3) is 0.647. The first-order valence-corrected chi connectivity index (χ1v) is 7.99. The lowest BCUT2D eigenvalue weighted by molar-refractivity contribution is -0.186. The fourth-order valence-corrected chi connectivity index (χ4v) is 3.85. The topological polar surface area (TPSA) is 30.5 Å². The summed E-state index contributed by atoms with van der Waals surface area (Å²) in [5.74, 6) is 0.228. The molecule has 0 spiro atoms. The summed E-state index contributed by atoms with van der Waals surface area (Å²) in [4.78, 5) is 0. The molecule has 3 aliphatic rings. The third kappa shape index (κ3) is 2.85. The van der Waals surface area contributed by atoms with E-state index in [1.165, 1.54) is 37.7 Å². The molecule has 1 aliphatic carbocycles. The van der Waals surface area contributed by atoms with Gasteiger partial charge in [0.25, 0.3) is 0 Å². The van der Waals surface area contributed by atoms with E-state index >= 15 is 0 Å². The lowest BCUT2D eigenvalue weighted by Crippen LogP contribution is -2.46. The Balaban J connectivity index is 0.00000132. The van der Waals surface area contributed by atoms with Crippen LogP contribution in [0.5, 0.6) is 0 Å². The van der Waals surface area contributed by atoms with Gasteiger partial charge in [-0.2, -0.15) is 0 Å². The molecule has 21 heavy (non-hydrogen) atoms. The van der Waals surface area contributed by atoms with Crippen molar-refractivity contribution in [2.45, 2.75) is 49.9 Å². The molecular weight excluding hydrogens is 286 g/mol. The zero-order valence-electron chi connectivity index (χ0n) is 12.3. The van der Waals surface area contributed by atoms with Gasteiger partial charge in [-0.05, 0) is 24.3 Å². The van der Waals surface area contributed by atoms with Gasteiger partial charge in [-0.15, -0.1) is 12.4 Å². The zero-order valence-corrected chi connectivity index (χ0v) is 13.2. The summed E-state index contributed by atoms with van der Waals surface area (Å²) in [7, 11) is 0. The Hall–Kier alpha value is -0.610. The van der Waals surface area contributed by atoms with Gasteiger partial charge in [-0.3, -0.25) is 0 Å². The number of hydrogen-bond donors (Lipinski definition) is 1. The highest BCUT2D eigenvalue weighted by atomic mass is 35.5. The van der Waals surface area contributed by atoms with E-state index in [-0.39, 0.29) is 18.5 Å². The first kappa shape index (κ1) is 15.3. The normalized spacial score (nSPS) is 32.7. The van der Waals surface area contributed by atoms with E-state index in [4.69, 9.17) is 9.47 Å². The van der Waals surface area contributed by atoms with E-state index in [0.29, 0.717) is 6.61 Å². The summed E-state index contributed by atoms with van der Waals surface area (Å²) in [6.07, 6.45) is 7.08. The van der Waals surface area contributed by atoms with Gasteiger partial charge in [0.05, 0.1) is 19.3 Å². The third-order valence-electron chi connectivity index (χ3n) is 5.02. The van der Waals surface area contributed by atoms with Crippen LogP contribution >= 0.6 is 12.4 Å². The molecule has 1 N–H and O–H groups in total.